The number of hydrogen-bond donors (Lipinski definition) is 4. The molecule has 0 bridgehead atoms. The van der Waals surface area contributed by atoms with E-state index in [2.05, 4.69) is 5.32 Å². The van der Waals surface area contributed by atoms with Crippen LogP contribution in [0.25, 0.3) is 0 Å². The summed E-state index contributed by atoms with van der Waals surface area (Å²) >= 11 is 0. The van der Waals surface area contributed by atoms with E-state index in [0.717, 1.165) is 0 Å². The number of carbonyl (C=O) groups is 1. The van der Waals surface area contributed by atoms with E-state index in [4.69, 9.17) is 9.47 Å². The van der Waals surface area contributed by atoms with Crippen molar-refractivity contribution in [2.45, 2.75) is 37.6 Å². The second kappa shape index (κ2) is 7.53. The highest BCUT2D eigenvalue weighted by molar-refractivity contribution is 5.73. The van der Waals surface area contributed by atoms with Gasteiger partial charge >= 0.3 is 5.69 Å². The molecular formula is C14H18N2O8. The van der Waals surface area contributed by atoms with Gasteiger partial charge in [-0.05, 0) is 6.07 Å². The topological polar surface area (TPSA) is 151 Å². The third-order valence-corrected chi connectivity index (χ3v) is 3.56. The van der Waals surface area contributed by atoms with Gasteiger partial charge in [0.1, 0.15) is 24.4 Å². The largest absolute Gasteiger partial charge is 0.455 e. The molecule has 5 unspecified atom stereocenters. The van der Waals surface area contributed by atoms with Gasteiger partial charge in [0.05, 0.1) is 11.5 Å². The molecule has 2 rings (SSSR count). The maximum absolute atomic E-state index is 11.3. The fourth-order valence-electron chi connectivity index (χ4n) is 2.40. The number of nitrogens with one attached hydrogen (secondary N) is 1. The fraction of sp³-hybridized carbons (Fsp3) is 0.500. The zero-order valence-electron chi connectivity index (χ0n) is 12.7. The molecule has 1 heterocycles. The van der Waals surface area contributed by atoms with Gasteiger partial charge in [0.25, 0.3) is 0 Å². The van der Waals surface area contributed by atoms with Gasteiger partial charge in [0.15, 0.2) is 5.75 Å². The van der Waals surface area contributed by atoms with Crippen LogP contribution in [0.15, 0.2) is 24.3 Å². The Labute approximate surface area is 136 Å². The first-order valence-electron chi connectivity index (χ1n) is 7.14. The van der Waals surface area contributed by atoms with Gasteiger partial charge in [-0.15, -0.1) is 0 Å². The maximum Gasteiger partial charge on any atom is 0.311 e. The molecule has 132 valence electrons. The Morgan fingerprint density at radius 1 is 1.38 bits per heavy atom. The average Bonchev–Trinajstić information content (AvgIpc) is 2.54. The lowest BCUT2D eigenvalue weighted by Crippen LogP contribution is -2.65. The predicted molar refractivity (Wildman–Crippen MR) is 79.1 cm³/mol. The van der Waals surface area contributed by atoms with Crippen molar-refractivity contribution in [1.29, 1.82) is 0 Å². The van der Waals surface area contributed by atoms with E-state index in [9.17, 15) is 30.2 Å². The molecule has 1 aromatic carbocycles. The molecule has 0 radical (unpaired) electrons. The molecule has 0 aromatic heterocycles. The van der Waals surface area contributed by atoms with Crippen LogP contribution in [-0.2, 0) is 9.53 Å². The van der Waals surface area contributed by atoms with Crippen molar-refractivity contribution in [1.82, 2.24) is 5.32 Å². The number of rotatable bonds is 5. The van der Waals surface area contributed by atoms with Gasteiger partial charge in [0, 0.05) is 13.0 Å². The second-order valence-electron chi connectivity index (χ2n) is 5.28. The molecule has 1 aromatic rings. The fourth-order valence-corrected chi connectivity index (χ4v) is 2.40. The summed E-state index contributed by atoms with van der Waals surface area (Å²) in [5.41, 5.74) is -0.330. The molecule has 0 spiro atoms. The van der Waals surface area contributed by atoms with E-state index in [0.29, 0.717) is 0 Å². The number of nitro groups is 1. The standard InChI is InChI=1S/C14H18N2O8/c1-7(18)15-11-13(20)12(19)10(6-17)24-14(11)23-9-5-3-2-4-8(9)16(21)22/h2-5,10-14,17,19-20H,6H2,1H3,(H,15,18). The highest BCUT2D eigenvalue weighted by Crippen LogP contribution is 2.30. The van der Waals surface area contributed by atoms with Crippen molar-refractivity contribution in [3.8, 4) is 5.75 Å². The van der Waals surface area contributed by atoms with E-state index < -0.39 is 48.1 Å². The van der Waals surface area contributed by atoms with E-state index >= 15 is 0 Å². The summed E-state index contributed by atoms with van der Waals surface area (Å²) in [7, 11) is 0. The Morgan fingerprint density at radius 3 is 2.62 bits per heavy atom. The average molecular weight is 342 g/mol. The molecule has 10 nitrogen and oxygen atoms in total. The summed E-state index contributed by atoms with van der Waals surface area (Å²) in [6.45, 7) is 0.584. The van der Waals surface area contributed by atoms with Crippen molar-refractivity contribution >= 4 is 11.6 Å². The number of nitro benzene ring substituents is 1. The Balaban J connectivity index is 2.30. The van der Waals surface area contributed by atoms with Crippen LogP contribution in [0.2, 0.25) is 0 Å². The van der Waals surface area contributed by atoms with E-state index in [1.807, 2.05) is 0 Å². The normalized spacial score (nSPS) is 29.8. The van der Waals surface area contributed by atoms with Gasteiger partial charge < -0.3 is 30.1 Å². The number of aliphatic hydroxyl groups is 3. The summed E-state index contributed by atoms with van der Waals surface area (Å²) in [5, 5.41) is 42.7. The highest BCUT2D eigenvalue weighted by atomic mass is 16.7. The summed E-state index contributed by atoms with van der Waals surface area (Å²) in [5.74, 6) is -0.656. The molecule has 5 atom stereocenters. The van der Waals surface area contributed by atoms with Crippen LogP contribution in [0, 0.1) is 10.1 Å². The summed E-state index contributed by atoms with van der Waals surface area (Å²) in [4.78, 5) is 21.7. The van der Waals surface area contributed by atoms with E-state index in [1.54, 1.807) is 0 Å². The van der Waals surface area contributed by atoms with Crippen LogP contribution in [0.5, 0.6) is 5.75 Å². The van der Waals surface area contributed by atoms with Crippen LogP contribution in [0.1, 0.15) is 6.92 Å². The summed E-state index contributed by atoms with van der Waals surface area (Å²) in [6, 6.07) is 4.33. The van der Waals surface area contributed by atoms with Crippen molar-refractivity contribution in [3.05, 3.63) is 34.4 Å². The molecule has 1 aliphatic rings. The summed E-state index contributed by atoms with van der Waals surface area (Å²) in [6.07, 6.45) is -5.46. The van der Waals surface area contributed by atoms with E-state index in [1.165, 1.54) is 31.2 Å². The number of benzene rings is 1. The summed E-state index contributed by atoms with van der Waals surface area (Å²) < 4.78 is 10.8. The van der Waals surface area contributed by atoms with Crippen LogP contribution in [-0.4, -0.2) is 63.4 Å². The minimum absolute atomic E-state index is 0.136. The van der Waals surface area contributed by atoms with Crippen LogP contribution in [0.3, 0.4) is 0 Å². The SMILES string of the molecule is CC(=O)NC1C(Oc2ccccc2[N+](=O)[O-])OC(CO)C(O)C1O. The number of ether oxygens (including phenoxy) is 2. The number of carbonyl (C=O) groups excluding carboxylic acids is 1. The first-order valence-corrected chi connectivity index (χ1v) is 7.14. The molecule has 1 fully saturated rings. The molecule has 24 heavy (non-hydrogen) atoms. The Kier molecular flexibility index (Phi) is 5.67. The van der Waals surface area contributed by atoms with Gasteiger partial charge in [-0.2, -0.15) is 0 Å². The molecule has 1 saturated heterocycles. The Morgan fingerprint density at radius 2 is 2.04 bits per heavy atom. The monoisotopic (exact) mass is 342 g/mol. The third kappa shape index (κ3) is 3.79. The molecule has 10 heteroatoms. The van der Waals surface area contributed by atoms with Gasteiger partial charge in [-0.1, -0.05) is 12.1 Å². The lowest BCUT2D eigenvalue weighted by Gasteiger charge is -2.41. The predicted octanol–water partition coefficient (Wildman–Crippen LogP) is -1.08. The molecular weight excluding hydrogens is 324 g/mol. The zero-order chi connectivity index (χ0) is 17.9. The number of amides is 1. The number of aliphatic hydroxyl groups excluding tert-OH is 3. The van der Waals surface area contributed by atoms with Gasteiger partial charge in [-0.25, -0.2) is 0 Å². The van der Waals surface area contributed by atoms with Crippen LogP contribution < -0.4 is 10.1 Å². The first kappa shape index (κ1) is 18.1. The van der Waals surface area contributed by atoms with Gasteiger partial charge in [0.2, 0.25) is 12.2 Å². The lowest BCUT2D eigenvalue weighted by molar-refractivity contribution is -0.386. The Bertz CT molecular complexity index is 610. The number of nitrogens with zero attached hydrogens (tertiary/aromatic N) is 1. The minimum atomic E-state index is -1.49. The Hall–Kier alpha value is -2.27. The smallest absolute Gasteiger partial charge is 0.311 e. The molecule has 1 aliphatic heterocycles. The number of hydrogen-bond acceptors (Lipinski definition) is 8. The van der Waals surface area contributed by atoms with Crippen molar-refractivity contribution in [3.63, 3.8) is 0 Å². The van der Waals surface area contributed by atoms with Gasteiger partial charge in [-0.3, -0.25) is 14.9 Å². The van der Waals surface area contributed by atoms with Crippen molar-refractivity contribution < 1.29 is 34.5 Å². The quantitative estimate of drug-likeness (QED) is 0.389. The zero-order valence-corrected chi connectivity index (χ0v) is 12.7. The van der Waals surface area contributed by atoms with Crippen LogP contribution in [0.4, 0.5) is 5.69 Å². The number of para-hydroxylation sites is 2. The third-order valence-electron chi connectivity index (χ3n) is 3.56. The lowest BCUT2D eigenvalue weighted by atomic mass is 9.97. The highest BCUT2D eigenvalue weighted by Gasteiger charge is 2.46. The second-order valence-corrected chi connectivity index (χ2v) is 5.28. The maximum atomic E-state index is 11.3. The van der Waals surface area contributed by atoms with Crippen molar-refractivity contribution in [2.24, 2.45) is 0 Å². The first-order chi connectivity index (χ1) is 11.3. The van der Waals surface area contributed by atoms with E-state index in [-0.39, 0.29) is 11.4 Å². The van der Waals surface area contributed by atoms with Crippen molar-refractivity contribution in [2.75, 3.05) is 6.61 Å². The molecule has 1 amide bonds. The molecule has 4 N–H and O–H groups in total. The molecule has 0 aliphatic carbocycles. The minimum Gasteiger partial charge on any atom is -0.455 e. The van der Waals surface area contributed by atoms with Crippen LogP contribution >= 0.6 is 0 Å². The molecule has 0 saturated carbocycles.